The van der Waals surface area contributed by atoms with Crippen molar-refractivity contribution in [1.82, 2.24) is 15.3 Å². The highest BCUT2D eigenvalue weighted by Crippen LogP contribution is 2.36. The molecule has 0 spiro atoms. The van der Waals surface area contributed by atoms with Crippen molar-refractivity contribution in [3.8, 4) is 0 Å². The maximum absolute atomic E-state index is 13.0. The van der Waals surface area contributed by atoms with Crippen LogP contribution in [0.1, 0.15) is 40.5 Å². The average Bonchev–Trinajstić information content (AvgIpc) is 2.95. The second-order valence-electron chi connectivity index (χ2n) is 10.0. The number of amides is 1. The van der Waals surface area contributed by atoms with Gasteiger partial charge in [-0.3, -0.25) is 4.79 Å². The zero-order valence-electron chi connectivity index (χ0n) is 22.2. The van der Waals surface area contributed by atoms with Gasteiger partial charge in [0.15, 0.2) is 0 Å². The largest absolute Gasteiger partial charge is 0.395 e. The standard InChI is InChI=1S/C32H33N5O2/c1-22-10-11-23(21-33-18-19-38)20-28(22)35-30(39)24-12-14-25(15-13-24)34-31-36-27-9-5-4-8-26(27)29(37-31)32(2)16-6-3-7-17-32/h3-16,20,33,38H,17-19,21H2,1-2H3,(H,35,39)(H,34,36,37)/t32-/m1/s1. The summed E-state index contributed by atoms with van der Waals surface area (Å²) in [7, 11) is 0. The molecule has 1 aliphatic carbocycles. The third-order valence-corrected chi connectivity index (χ3v) is 6.97. The van der Waals surface area contributed by atoms with Crippen LogP contribution in [0.3, 0.4) is 0 Å². The van der Waals surface area contributed by atoms with E-state index in [9.17, 15) is 4.79 Å². The number of aliphatic hydroxyl groups is 1. The van der Waals surface area contributed by atoms with Gasteiger partial charge in [-0.15, -0.1) is 0 Å². The van der Waals surface area contributed by atoms with Crippen LogP contribution in [-0.4, -0.2) is 34.1 Å². The third-order valence-electron chi connectivity index (χ3n) is 6.97. The van der Waals surface area contributed by atoms with E-state index in [-0.39, 0.29) is 17.9 Å². The first-order chi connectivity index (χ1) is 18.9. The number of fused-ring (bicyclic) bond motifs is 1. The van der Waals surface area contributed by atoms with Crippen LogP contribution >= 0.6 is 0 Å². The number of para-hydroxylation sites is 1. The van der Waals surface area contributed by atoms with Crippen LogP contribution < -0.4 is 16.0 Å². The number of carbonyl (C=O) groups excluding carboxylic acids is 1. The molecule has 1 atom stereocenters. The van der Waals surface area contributed by atoms with Crippen molar-refractivity contribution in [2.24, 2.45) is 0 Å². The lowest BCUT2D eigenvalue weighted by Gasteiger charge is -2.27. The van der Waals surface area contributed by atoms with Crippen LogP contribution in [0.4, 0.5) is 17.3 Å². The van der Waals surface area contributed by atoms with E-state index < -0.39 is 0 Å². The van der Waals surface area contributed by atoms with Crippen molar-refractivity contribution in [2.75, 3.05) is 23.8 Å². The summed E-state index contributed by atoms with van der Waals surface area (Å²) in [6, 6.07) is 21.3. The topological polar surface area (TPSA) is 99.2 Å². The normalized spacial score (nSPS) is 16.4. The fraction of sp³-hybridized carbons (Fsp3) is 0.219. The van der Waals surface area contributed by atoms with E-state index in [1.807, 2.05) is 55.5 Å². The number of aromatic nitrogens is 2. The van der Waals surface area contributed by atoms with Crippen LogP contribution in [0.25, 0.3) is 10.9 Å². The van der Waals surface area contributed by atoms with Crippen molar-refractivity contribution in [1.29, 1.82) is 0 Å². The molecule has 1 amide bonds. The zero-order valence-corrected chi connectivity index (χ0v) is 22.2. The second-order valence-corrected chi connectivity index (χ2v) is 10.0. The summed E-state index contributed by atoms with van der Waals surface area (Å²) >= 11 is 0. The Balaban J connectivity index is 1.33. The number of allylic oxidation sites excluding steroid dienone is 4. The lowest BCUT2D eigenvalue weighted by atomic mass is 9.79. The van der Waals surface area contributed by atoms with Crippen LogP contribution in [0.2, 0.25) is 0 Å². The molecule has 4 N–H and O–H groups in total. The summed E-state index contributed by atoms with van der Waals surface area (Å²) in [5, 5.41) is 19.5. The van der Waals surface area contributed by atoms with E-state index in [1.165, 1.54) is 0 Å². The van der Waals surface area contributed by atoms with Gasteiger partial charge < -0.3 is 21.1 Å². The van der Waals surface area contributed by atoms with Gasteiger partial charge in [-0.25, -0.2) is 9.97 Å². The summed E-state index contributed by atoms with van der Waals surface area (Å²) < 4.78 is 0. The molecular formula is C32H33N5O2. The Bertz CT molecular complexity index is 1540. The van der Waals surface area contributed by atoms with Gasteiger partial charge in [0.1, 0.15) is 0 Å². The Kier molecular flexibility index (Phi) is 7.81. The van der Waals surface area contributed by atoms with Gasteiger partial charge in [0, 0.05) is 40.8 Å². The van der Waals surface area contributed by atoms with Gasteiger partial charge in [0.05, 0.1) is 17.8 Å². The average molecular weight is 520 g/mol. The molecule has 0 fully saturated rings. The number of carbonyl (C=O) groups is 1. The van der Waals surface area contributed by atoms with Crippen molar-refractivity contribution in [3.63, 3.8) is 0 Å². The lowest BCUT2D eigenvalue weighted by molar-refractivity contribution is 0.102. The molecular weight excluding hydrogens is 486 g/mol. The minimum Gasteiger partial charge on any atom is -0.395 e. The number of nitrogens with zero attached hydrogens (tertiary/aromatic N) is 2. The van der Waals surface area contributed by atoms with Crippen LogP contribution in [0, 0.1) is 6.92 Å². The summed E-state index contributed by atoms with van der Waals surface area (Å²) in [5.41, 5.74) is 5.77. The first-order valence-electron chi connectivity index (χ1n) is 13.2. The quantitative estimate of drug-likeness (QED) is 0.209. The number of aliphatic hydroxyl groups excluding tert-OH is 1. The first kappa shape index (κ1) is 26.3. The Morgan fingerprint density at radius 2 is 1.85 bits per heavy atom. The minimum absolute atomic E-state index is 0.0861. The molecule has 0 saturated heterocycles. The summed E-state index contributed by atoms with van der Waals surface area (Å²) in [6.45, 7) is 5.39. The highest BCUT2D eigenvalue weighted by atomic mass is 16.3. The molecule has 0 saturated carbocycles. The van der Waals surface area contributed by atoms with Crippen LogP contribution in [0.15, 0.2) is 91.0 Å². The molecule has 0 bridgehead atoms. The number of aryl methyl sites for hydroxylation is 1. The second kappa shape index (κ2) is 11.6. The number of anilines is 3. The summed E-state index contributed by atoms with van der Waals surface area (Å²) in [4.78, 5) is 22.7. The van der Waals surface area contributed by atoms with Gasteiger partial charge in [-0.2, -0.15) is 0 Å². The predicted octanol–water partition coefficient (Wildman–Crippen LogP) is 5.79. The van der Waals surface area contributed by atoms with Crippen molar-refractivity contribution < 1.29 is 9.90 Å². The smallest absolute Gasteiger partial charge is 0.255 e. The number of hydrogen-bond donors (Lipinski definition) is 4. The molecule has 0 unspecified atom stereocenters. The van der Waals surface area contributed by atoms with Gasteiger partial charge in [0.2, 0.25) is 5.95 Å². The summed E-state index contributed by atoms with van der Waals surface area (Å²) in [6.07, 6.45) is 9.37. The number of rotatable bonds is 9. The monoisotopic (exact) mass is 519 g/mol. The minimum atomic E-state index is -0.222. The van der Waals surface area contributed by atoms with E-state index in [4.69, 9.17) is 15.1 Å². The molecule has 7 heteroatoms. The third kappa shape index (κ3) is 6.06. The van der Waals surface area contributed by atoms with Crippen LogP contribution in [0.5, 0.6) is 0 Å². The molecule has 4 aromatic rings. The molecule has 39 heavy (non-hydrogen) atoms. The maximum atomic E-state index is 13.0. The van der Waals surface area contributed by atoms with Gasteiger partial charge in [0.25, 0.3) is 5.91 Å². The van der Waals surface area contributed by atoms with Gasteiger partial charge >= 0.3 is 0 Å². The number of hydrogen-bond acceptors (Lipinski definition) is 6. The maximum Gasteiger partial charge on any atom is 0.255 e. The Labute approximate surface area is 228 Å². The lowest BCUT2D eigenvalue weighted by Crippen LogP contribution is -2.22. The first-order valence-corrected chi connectivity index (χ1v) is 13.2. The Hall–Kier alpha value is -4.33. The van der Waals surface area contributed by atoms with E-state index >= 15 is 0 Å². The number of nitrogens with one attached hydrogen (secondary N) is 3. The SMILES string of the molecule is Cc1ccc(CNCCO)cc1NC(=O)c1ccc(Nc2nc([C@]3(C)C=CC=CC3)c3ccccc3n2)cc1. The molecule has 0 radical (unpaired) electrons. The zero-order chi connectivity index (χ0) is 27.2. The van der Waals surface area contributed by atoms with E-state index in [0.717, 1.165) is 45.5 Å². The Morgan fingerprint density at radius 3 is 2.62 bits per heavy atom. The van der Waals surface area contributed by atoms with E-state index in [2.05, 4.69) is 53.2 Å². The predicted molar refractivity (Wildman–Crippen MR) is 157 cm³/mol. The van der Waals surface area contributed by atoms with E-state index in [1.54, 1.807) is 12.1 Å². The Morgan fingerprint density at radius 1 is 1.03 bits per heavy atom. The molecule has 0 aliphatic heterocycles. The van der Waals surface area contributed by atoms with Crippen molar-refractivity contribution >= 4 is 34.1 Å². The van der Waals surface area contributed by atoms with Crippen LogP contribution in [-0.2, 0) is 12.0 Å². The molecule has 1 aliphatic rings. The van der Waals surface area contributed by atoms with E-state index in [0.29, 0.717) is 24.6 Å². The molecule has 1 aromatic heterocycles. The number of benzene rings is 3. The summed E-state index contributed by atoms with van der Waals surface area (Å²) in [5.74, 6) is 0.340. The fourth-order valence-corrected chi connectivity index (χ4v) is 4.72. The highest BCUT2D eigenvalue weighted by molar-refractivity contribution is 6.04. The van der Waals surface area contributed by atoms with Crippen molar-refractivity contribution in [2.45, 2.75) is 32.2 Å². The van der Waals surface area contributed by atoms with Gasteiger partial charge in [-0.1, -0.05) is 61.6 Å². The molecule has 3 aromatic carbocycles. The highest BCUT2D eigenvalue weighted by Gasteiger charge is 2.28. The fourth-order valence-electron chi connectivity index (χ4n) is 4.72. The van der Waals surface area contributed by atoms with Crippen molar-refractivity contribution in [3.05, 3.63) is 113 Å². The molecule has 1 heterocycles. The molecule has 5 rings (SSSR count). The molecule has 7 nitrogen and oxygen atoms in total. The van der Waals surface area contributed by atoms with Gasteiger partial charge in [-0.05, 0) is 60.9 Å². The molecule has 198 valence electrons.